The lowest BCUT2D eigenvalue weighted by atomic mass is 9.94. The molecule has 1 fully saturated rings. The normalized spacial score (nSPS) is 14.5. The number of carbonyl (C=O) groups is 2. The van der Waals surface area contributed by atoms with Crippen LogP contribution in [0.5, 0.6) is 5.75 Å². The van der Waals surface area contributed by atoms with E-state index in [2.05, 4.69) is 17.2 Å². The molecule has 6 nitrogen and oxygen atoms in total. The summed E-state index contributed by atoms with van der Waals surface area (Å²) in [5.74, 6) is 0.509. The van der Waals surface area contributed by atoms with Gasteiger partial charge in [-0.15, -0.1) is 11.3 Å². The zero-order chi connectivity index (χ0) is 27.7. The number of unbranched alkanes of at least 4 members (excludes halogenated alkanes) is 1. The summed E-state index contributed by atoms with van der Waals surface area (Å²) in [5, 5.41) is 6.14. The molecule has 0 saturated heterocycles. The van der Waals surface area contributed by atoms with Gasteiger partial charge in [-0.2, -0.15) is 0 Å². The van der Waals surface area contributed by atoms with Crippen LogP contribution in [0.25, 0.3) is 10.9 Å². The molecule has 4 aromatic rings. The van der Waals surface area contributed by atoms with Crippen molar-refractivity contribution >= 4 is 34.1 Å². The molecule has 0 aliphatic heterocycles. The van der Waals surface area contributed by atoms with Crippen molar-refractivity contribution in [1.82, 2.24) is 15.2 Å². The van der Waals surface area contributed by atoms with Gasteiger partial charge in [0.2, 0.25) is 5.91 Å². The van der Waals surface area contributed by atoms with Crippen molar-refractivity contribution in [3.8, 4) is 5.75 Å². The van der Waals surface area contributed by atoms with Gasteiger partial charge in [-0.3, -0.25) is 14.6 Å². The molecule has 1 saturated carbocycles. The van der Waals surface area contributed by atoms with E-state index in [1.54, 1.807) is 11.1 Å². The number of pyridine rings is 1. The fraction of sp³-hybridized carbons (Fsp3) is 0.364. The number of nitrogens with one attached hydrogen (secondary N) is 1. The smallest absolute Gasteiger partial charge is 0.265 e. The van der Waals surface area contributed by atoms with Crippen molar-refractivity contribution in [3.63, 3.8) is 0 Å². The largest absolute Gasteiger partial charge is 0.494 e. The van der Waals surface area contributed by atoms with Crippen LogP contribution in [0.3, 0.4) is 0 Å². The molecule has 40 heavy (non-hydrogen) atoms. The molecule has 2 heterocycles. The molecule has 2 aromatic heterocycles. The second-order valence-corrected chi connectivity index (χ2v) is 11.4. The predicted molar refractivity (Wildman–Crippen MR) is 161 cm³/mol. The number of benzene rings is 2. The summed E-state index contributed by atoms with van der Waals surface area (Å²) in [6.45, 7) is 3.11. The van der Waals surface area contributed by atoms with E-state index >= 15 is 0 Å². The summed E-state index contributed by atoms with van der Waals surface area (Å²) < 4.78 is 5.84. The Morgan fingerprint density at radius 1 is 1.05 bits per heavy atom. The van der Waals surface area contributed by atoms with E-state index in [-0.39, 0.29) is 17.9 Å². The lowest BCUT2D eigenvalue weighted by Crippen LogP contribution is -2.46. The number of nitrogens with zero attached hydrogens (tertiary/aromatic N) is 2. The molecule has 2 aromatic carbocycles. The fourth-order valence-corrected chi connectivity index (χ4v) is 5.99. The number of thiophene rings is 1. The van der Waals surface area contributed by atoms with Crippen molar-refractivity contribution in [3.05, 3.63) is 94.3 Å². The number of amides is 2. The van der Waals surface area contributed by atoms with E-state index in [0.717, 1.165) is 66.3 Å². The third-order valence-corrected chi connectivity index (χ3v) is 8.35. The van der Waals surface area contributed by atoms with E-state index in [1.807, 2.05) is 72.1 Å². The molecule has 0 unspecified atom stereocenters. The van der Waals surface area contributed by atoms with Gasteiger partial charge in [-0.05, 0) is 72.2 Å². The topological polar surface area (TPSA) is 71.5 Å². The van der Waals surface area contributed by atoms with Gasteiger partial charge < -0.3 is 15.0 Å². The molecule has 1 atom stereocenters. The lowest BCUT2D eigenvalue weighted by molar-refractivity contribution is -0.127. The Labute approximate surface area is 240 Å². The van der Waals surface area contributed by atoms with Crippen molar-refractivity contribution in [1.29, 1.82) is 0 Å². The minimum atomic E-state index is -0.790. The monoisotopic (exact) mass is 555 g/mol. The van der Waals surface area contributed by atoms with E-state index in [9.17, 15) is 9.59 Å². The summed E-state index contributed by atoms with van der Waals surface area (Å²) in [7, 11) is 0. The van der Waals surface area contributed by atoms with Crippen LogP contribution in [0, 0.1) is 0 Å². The molecule has 5 rings (SSSR count). The summed E-state index contributed by atoms with van der Waals surface area (Å²) >= 11 is 1.39. The highest BCUT2D eigenvalue weighted by molar-refractivity contribution is 7.12. The van der Waals surface area contributed by atoms with E-state index in [1.165, 1.54) is 17.8 Å². The molecule has 1 N–H and O–H groups in total. The van der Waals surface area contributed by atoms with Crippen molar-refractivity contribution in [2.45, 2.75) is 70.5 Å². The van der Waals surface area contributed by atoms with Crippen LogP contribution < -0.4 is 10.1 Å². The second-order valence-electron chi connectivity index (χ2n) is 10.5. The van der Waals surface area contributed by atoms with Gasteiger partial charge in [0.25, 0.3) is 5.91 Å². The fourth-order valence-electron chi connectivity index (χ4n) is 5.31. The first kappa shape index (κ1) is 27.8. The molecule has 1 aliphatic rings. The number of hydrogen-bond donors (Lipinski definition) is 1. The molecule has 208 valence electrons. The molecule has 1 aliphatic carbocycles. The molecule has 0 spiro atoms. The Kier molecular flexibility index (Phi) is 9.45. The van der Waals surface area contributed by atoms with Gasteiger partial charge in [0.15, 0.2) is 0 Å². The summed E-state index contributed by atoms with van der Waals surface area (Å²) in [6, 6.07) is 20.6. The first-order valence-corrected chi connectivity index (χ1v) is 15.2. The SMILES string of the molecule is CCCCOc1ccc(CN(C(=O)c2cccs2)[C@H](C(=O)NC2CCCCC2)c2ccc3ncccc3c2)cc1. The lowest BCUT2D eigenvalue weighted by Gasteiger charge is -2.33. The summed E-state index contributed by atoms with van der Waals surface area (Å²) in [4.78, 5) is 34.9. The van der Waals surface area contributed by atoms with Gasteiger partial charge in [0.1, 0.15) is 11.8 Å². The molecule has 0 bridgehead atoms. The van der Waals surface area contributed by atoms with Gasteiger partial charge in [-0.25, -0.2) is 0 Å². The first-order chi connectivity index (χ1) is 19.6. The Bertz CT molecular complexity index is 1400. The van der Waals surface area contributed by atoms with Crippen LogP contribution >= 0.6 is 11.3 Å². The minimum Gasteiger partial charge on any atom is -0.494 e. The van der Waals surface area contributed by atoms with E-state index in [4.69, 9.17) is 4.74 Å². The maximum absolute atomic E-state index is 14.1. The number of hydrogen-bond acceptors (Lipinski definition) is 5. The Morgan fingerprint density at radius 2 is 1.88 bits per heavy atom. The third-order valence-electron chi connectivity index (χ3n) is 7.49. The number of carbonyl (C=O) groups excluding carboxylic acids is 2. The van der Waals surface area contributed by atoms with E-state index < -0.39 is 6.04 Å². The Hall–Kier alpha value is -3.71. The third kappa shape index (κ3) is 6.89. The highest BCUT2D eigenvalue weighted by Crippen LogP contribution is 2.30. The van der Waals surface area contributed by atoms with Crippen LogP contribution in [-0.4, -0.2) is 34.3 Å². The predicted octanol–water partition coefficient (Wildman–Crippen LogP) is 7.31. The number of ether oxygens (including phenoxy) is 1. The zero-order valence-electron chi connectivity index (χ0n) is 23.1. The van der Waals surface area contributed by atoms with Gasteiger partial charge in [-0.1, -0.05) is 62.9 Å². The average molecular weight is 556 g/mol. The summed E-state index contributed by atoms with van der Waals surface area (Å²) in [6.07, 6.45) is 9.21. The molecule has 7 heteroatoms. The van der Waals surface area contributed by atoms with Crippen molar-refractivity contribution in [2.24, 2.45) is 0 Å². The highest BCUT2D eigenvalue weighted by Gasteiger charge is 2.34. The van der Waals surface area contributed by atoms with Crippen molar-refractivity contribution < 1.29 is 14.3 Å². The van der Waals surface area contributed by atoms with Crippen LogP contribution in [-0.2, 0) is 11.3 Å². The average Bonchev–Trinajstić information content (AvgIpc) is 3.53. The molecular formula is C33H37N3O3S. The van der Waals surface area contributed by atoms with E-state index in [0.29, 0.717) is 18.0 Å². The maximum Gasteiger partial charge on any atom is 0.265 e. The Morgan fingerprint density at radius 3 is 2.62 bits per heavy atom. The molecular weight excluding hydrogens is 518 g/mol. The first-order valence-electron chi connectivity index (χ1n) is 14.3. The quantitative estimate of drug-likeness (QED) is 0.197. The molecule has 0 radical (unpaired) electrons. The highest BCUT2D eigenvalue weighted by atomic mass is 32.1. The van der Waals surface area contributed by atoms with Crippen LogP contribution in [0.15, 0.2) is 78.3 Å². The maximum atomic E-state index is 14.1. The number of aromatic nitrogens is 1. The number of rotatable bonds is 11. The van der Waals surface area contributed by atoms with Crippen LogP contribution in [0.2, 0.25) is 0 Å². The Balaban J connectivity index is 1.50. The minimum absolute atomic E-state index is 0.129. The summed E-state index contributed by atoms with van der Waals surface area (Å²) in [5.41, 5.74) is 2.57. The van der Waals surface area contributed by atoms with Crippen LogP contribution in [0.4, 0.5) is 0 Å². The standard InChI is InChI=1S/C33H37N3O3S/c1-2-3-20-39-28-16-13-24(14-17-28)23-36(33(38)30-12-8-21-40-30)31(32(37)35-27-10-5-4-6-11-27)26-15-18-29-25(22-26)9-7-19-34-29/h7-9,12-19,21-22,27,31H,2-6,10-11,20,23H2,1H3,(H,35,37)/t31-/m0/s1. The van der Waals surface area contributed by atoms with Crippen LogP contribution in [0.1, 0.15) is 78.7 Å². The van der Waals surface area contributed by atoms with Gasteiger partial charge in [0, 0.05) is 24.2 Å². The molecule has 2 amide bonds. The number of fused-ring (bicyclic) bond motifs is 1. The second kappa shape index (κ2) is 13.6. The van der Waals surface area contributed by atoms with Gasteiger partial charge in [0.05, 0.1) is 17.0 Å². The van der Waals surface area contributed by atoms with Crippen molar-refractivity contribution in [2.75, 3.05) is 6.61 Å². The van der Waals surface area contributed by atoms with Gasteiger partial charge >= 0.3 is 0 Å². The zero-order valence-corrected chi connectivity index (χ0v) is 23.9.